The van der Waals surface area contributed by atoms with Crippen molar-refractivity contribution in [2.45, 2.75) is 97.5 Å². The lowest BCUT2D eigenvalue weighted by molar-refractivity contribution is -0.149. The monoisotopic (exact) mass is 440 g/mol. The van der Waals surface area contributed by atoms with Crippen LogP contribution in [-0.4, -0.2) is 28.9 Å². The van der Waals surface area contributed by atoms with Crippen LogP contribution in [-0.2, 0) is 16.0 Å². The highest BCUT2D eigenvalue weighted by Gasteiger charge is 2.10. The summed E-state index contributed by atoms with van der Waals surface area (Å²) in [6, 6.07) is 12.3. The molecule has 5 heteroatoms. The van der Waals surface area contributed by atoms with E-state index in [1.165, 1.54) is 50.5 Å². The number of esters is 1. The summed E-state index contributed by atoms with van der Waals surface area (Å²) in [6.45, 7) is 6.39. The standard InChI is InChI=1S/C27H40N2O3/c1-4-6-8-9-10-11-12-13-23-15-17-24(18-16-23)25-19-20-26(29-28-25)31-21-22(3)32-27(30)14-7-5-2/h15-20,22H,4-14,21H2,1-3H3/t22-/m0/s1. The Balaban J connectivity index is 1.72. The molecule has 1 aromatic carbocycles. The number of ether oxygens (including phenoxy) is 2. The highest BCUT2D eigenvalue weighted by Crippen LogP contribution is 2.20. The van der Waals surface area contributed by atoms with Crippen LogP contribution in [0.3, 0.4) is 0 Å². The maximum atomic E-state index is 11.7. The van der Waals surface area contributed by atoms with Gasteiger partial charge >= 0.3 is 5.97 Å². The largest absolute Gasteiger partial charge is 0.473 e. The van der Waals surface area contributed by atoms with Crippen LogP contribution in [0.5, 0.6) is 5.88 Å². The maximum absolute atomic E-state index is 11.7. The summed E-state index contributed by atoms with van der Waals surface area (Å²) in [4.78, 5) is 11.7. The predicted octanol–water partition coefficient (Wildman–Crippen LogP) is 6.94. The minimum Gasteiger partial charge on any atom is -0.473 e. The van der Waals surface area contributed by atoms with Gasteiger partial charge in [0, 0.05) is 18.1 Å². The summed E-state index contributed by atoms with van der Waals surface area (Å²) in [5.74, 6) is 0.251. The van der Waals surface area contributed by atoms with Gasteiger partial charge in [0.1, 0.15) is 12.7 Å². The topological polar surface area (TPSA) is 61.3 Å². The highest BCUT2D eigenvalue weighted by molar-refractivity contribution is 5.69. The zero-order valence-corrected chi connectivity index (χ0v) is 20.1. The van der Waals surface area contributed by atoms with Crippen LogP contribution < -0.4 is 4.74 Å². The first-order valence-electron chi connectivity index (χ1n) is 12.4. The molecule has 2 rings (SSSR count). The summed E-state index contributed by atoms with van der Waals surface area (Å²) in [5.41, 5.74) is 3.24. The molecule has 0 aliphatic carbocycles. The van der Waals surface area contributed by atoms with Gasteiger partial charge in [0.2, 0.25) is 5.88 Å². The van der Waals surface area contributed by atoms with Gasteiger partial charge in [0.25, 0.3) is 0 Å². The van der Waals surface area contributed by atoms with E-state index in [9.17, 15) is 4.79 Å². The van der Waals surface area contributed by atoms with Crippen molar-refractivity contribution in [3.63, 3.8) is 0 Å². The number of hydrogen-bond donors (Lipinski definition) is 0. The Morgan fingerprint density at radius 2 is 1.53 bits per heavy atom. The molecule has 0 N–H and O–H groups in total. The smallest absolute Gasteiger partial charge is 0.306 e. The lowest BCUT2D eigenvalue weighted by Gasteiger charge is -2.13. The van der Waals surface area contributed by atoms with Gasteiger partial charge in [-0.05, 0) is 37.8 Å². The fourth-order valence-electron chi connectivity index (χ4n) is 3.52. The van der Waals surface area contributed by atoms with Gasteiger partial charge in [-0.25, -0.2) is 0 Å². The van der Waals surface area contributed by atoms with Crippen LogP contribution in [0.25, 0.3) is 11.3 Å². The summed E-state index contributed by atoms with van der Waals surface area (Å²) >= 11 is 0. The normalized spacial score (nSPS) is 11.8. The maximum Gasteiger partial charge on any atom is 0.306 e. The van der Waals surface area contributed by atoms with Gasteiger partial charge in [0.05, 0.1) is 5.69 Å². The van der Waals surface area contributed by atoms with Crippen molar-refractivity contribution in [3.05, 3.63) is 42.0 Å². The van der Waals surface area contributed by atoms with Crippen LogP contribution in [0, 0.1) is 0 Å². The van der Waals surface area contributed by atoms with Crippen molar-refractivity contribution in [2.75, 3.05) is 6.61 Å². The first-order valence-corrected chi connectivity index (χ1v) is 12.4. The molecule has 0 unspecified atom stereocenters. The van der Waals surface area contributed by atoms with Crippen LogP contribution in [0.15, 0.2) is 36.4 Å². The first kappa shape index (κ1) is 25.8. The third-order valence-electron chi connectivity index (χ3n) is 5.49. The Kier molecular flexibility index (Phi) is 12.4. The number of carbonyl (C=O) groups is 1. The molecule has 0 saturated heterocycles. The average Bonchev–Trinajstić information content (AvgIpc) is 2.81. The molecule has 1 atom stereocenters. The Bertz CT molecular complexity index is 759. The number of aryl methyl sites for hydroxylation is 1. The second kappa shape index (κ2) is 15.4. The fourth-order valence-corrected chi connectivity index (χ4v) is 3.52. The minimum absolute atomic E-state index is 0.181. The van der Waals surface area contributed by atoms with Crippen molar-refractivity contribution >= 4 is 5.97 Å². The summed E-state index contributed by atoms with van der Waals surface area (Å²) in [6.07, 6.45) is 12.4. The Morgan fingerprint density at radius 1 is 0.844 bits per heavy atom. The number of aromatic nitrogens is 2. The number of nitrogens with zero attached hydrogens (tertiary/aromatic N) is 2. The molecule has 176 valence electrons. The van der Waals surface area contributed by atoms with Crippen molar-refractivity contribution in [2.24, 2.45) is 0 Å². The first-order chi connectivity index (χ1) is 15.6. The number of unbranched alkanes of at least 4 members (excludes halogenated alkanes) is 7. The third kappa shape index (κ3) is 10.3. The highest BCUT2D eigenvalue weighted by atomic mass is 16.6. The molecule has 0 aliphatic rings. The fraction of sp³-hybridized carbons (Fsp3) is 0.593. The van der Waals surface area contributed by atoms with Gasteiger partial charge in [-0.15, -0.1) is 10.2 Å². The molecule has 0 saturated carbocycles. The van der Waals surface area contributed by atoms with Gasteiger partial charge < -0.3 is 9.47 Å². The quantitative estimate of drug-likeness (QED) is 0.209. The molecule has 2 aromatic rings. The summed E-state index contributed by atoms with van der Waals surface area (Å²) < 4.78 is 10.9. The molecule has 0 bridgehead atoms. The van der Waals surface area contributed by atoms with E-state index in [1.807, 2.05) is 19.9 Å². The summed E-state index contributed by atoms with van der Waals surface area (Å²) in [5, 5.41) is 8.44. The molecule has 32 heavy (non-hydrogen) atoms. The van der Waals surface area contributed by atoms with Crippen LogP contribution in [0.2, 0.25) is 0 Å². The van der Waals surface area contributed by atoms with Gasteiger partial charge in [-0.2, -0.15) is 0 Å². The number of hydrogen-bond acceptors (Lipinski definition) is 5. The van der Waals surface area contributed by atoms with Crippen molar-refractivity contribution in [1.82, 2.24) is 10.2 Å². The molecular formula is C27H40N2O3. The minimum atomic E-state index is -0.315. The van der Waals surface area contributed by atoms with Crippen LogP contribution in [0.4, 0.5) is 0 Å². The molecule has 0 radical (unpaired) electrons. The average molecular weight is 441 g/mol. The van der Waals surface area contributed by atoms with E-state index in [1.54, 1.807) is 6.07 Å². The lowest BCUT2D eigenvalue weighted by Crippen LogP contribution is -2.22. The van der Waals surface area contributed by atoms with Crippen LogP contribution in [0.1, 0.15) is 90.5 Å². The Hall–Kier alpha value is -2.43. The van der Waals surface area contributed by atoms with E-state index in [4.69, 9.17) is 9.47 Å². The molecule has 0 fully saturated rings. The van der Waals surface area contributed by atoms with E-state index in [2.05, 4.69) is 41.4 Å². The van der Waals surface area contributed by atoms with E-state index in [0.29, 0.717) is 12.3 Å². The molecule has 0 spiro atoms. The molecule has 0 amide bonds. The van der Waals surface area contributed by atoms with E-state index < -0.39 is 0 Å². The van der Waals surface area contributed by atoms with Crippen LogP contribution >= 0.6 is 0 Å². The zero-order valence-electron chi connectivity index (χ0n) is 20.1. The van der Waals surface area contributed by atoms with E-state index in [0.717, 1.165) is 30.5 Å². The second-order valence-electron chi connectivity index (χ2n) is 8.54. The molecular weight excluding hydrogens is 400 g/mol. The van der Waals surface area contributed by atoms with Crippen molar-refractivity contribution in [1.29, 1.82) is 0 Å². The van der Waals surface area contributed by atoms with E-state index in [-0.39, 0.29) is 18.7 Å². The molecule has 1 heterocycles. The van der Waals surface area contributed by atoms with E-state index >= 15 is 0 Å². The molecule has 0 aliphatic heterocycles. The lowest BCUT2D eigenvalue weighted by atomic mass is 10.0. The van der Waals surface area contributed by atoms with Crippen molar-refractivity contribution in [3.8, 4) is 17.1 Å². The van der Waals surface area contributed by atoms with Gasteiger partial charge in [-0.1, -0.05) is 83.1 Å². The zero-order chi connectivity index (χ0) is 23.0. The number of carbonyl (C=O) groups excluding carboxylic acids is 1. The van der Waals surface area contributed by atoms with Gasteiger partial charge in [0.15, 0.2) is 0 Å². The Labute approximate surface area is 193 Å². The molecule has 1 aromatic heterocycles. The second-order valence-corrected chi connectivity index (χ2v) is 8.54. The van der Waals surface area contributed by atoms with Gasteiger partial charge in [-0.3, -0.25) is 4.79 Å². The third-order valence-corrected chi connectivity index (χ3v) is 5.49. The SMILES string of the molecule is CCCCCCCCCc1ccc(-c2ccc(OC[C@H](C)OC(=O)CCCC)nn2)cc1. The summed E-state index contributed by atoms with van der Waals surface area (Å²) in [7, 11) is 0. The number of rotatable bonds is 16. The van der Waals surface area contributed by atoms with Crippen molar-refractivity contribution < 1.29 is 14.3 Å². The number of benzene rings is 1. The predicted molar refractivity (Wildman–Crippen MR) is 130 cm³/mol. The Morgan fingerprint density at radius 3 is 2.19 bits per heavy atom. The molecule has 5 nitrogen and oxygen atoms in total.